The first-order valence-corrected chi connectivity index (χ1v) is 6.66. The van der Waals surface area contributed by atoms with E-state index in [9.17, 15) is 0 Å². The van der Waals surface area contributed by atoms with Gasteiger partial charge in [-0.3, -0.25) is 4.68 Å². The predicted molar refractivity (Wildman–Crippen MR) is 75.1 cm³/mol. The van der Waals surface area contributed by atoms with Crippen LogP contribution in [0.15, 0.2) is 30.5 Å². The molecule has 0 aliphatic heterocycles. The Bertz CT molecular complexity index is 573. The molecule has 3 rings (SSSR count). The van der Waals surface area contributed by atoms with Gasteiger partial charge >= 0.3 is 0 Å². The molecule has 0 spiro atoms. The van der Waals surface area contributed by atoms with Crippen LogP contribution in [0.25, 0.3) is 11.3 Å². The molecule has 0 bridgehead atoms. The highest BCUT2D eigenvalue weighted by molar-refractivity contribution is 5.64. The summed E-state index contributed by atoms with van der Waals surface area (Å²) in [6.45, 7) is 0.869. The quantitative estimate of drug-likeness (QED) is 0.893. The van der Waals surface area contributed by atoms with E-state index in [1.54, 1.807) is 7.11 Å². The van der Waals surface area contributed by atoms with Crippen molar-refractivity contribution >= 4 is 0 Å². The highest BCUT2D eigenvalue weighted by atomic mass is 16.5. The van der Waals surface area contributed by atoms with Crippen LogP contribution in [0.2, 0.25) is 0 Å². The topological polar surface area (TPSA) is 39.1 Å². The molecule has 0 amide bonds. The summed E-state index contributed by atoms with van der Waals surface area (Å²) in [5.41, 5.74) is 3.43. The van der Waals surface area contributed by atoms with Crippen molar-refractivity contribution in [3.05, 3.63) is 36.0 Å². The zero-order valence-electron chi connectivity index (χ0n) is 11.4. The summed E-state index contributed by atoms with van der Waals surface area (Å²) in [4.78, 5) is 0. The fourth-order valence-electron chi connectivity index (χ4n) is 2.19. The molecule has 1 aliphatic rings. The van der Waals surface area contributed by atoms with Crippen molar-refractivity contribution in [2.75, 3.05) is 7.11 Å². The number of hydrogen-bond acceptors (Lipinski definition) is 3. The molecule has 1 saturated carbocycles. The van der Waals surface area contributed by atoms with Crippen molar-refractivity contribution < 1.29 is 4.74 Å². The van der Waals surface area contributed by atoms with E-state index >= 15 is 0 Å². The maximum atomic E-state index is 5.32. The van der Waals surface area contributed by atoms with Crippen molar-refractivity contribution in [3.63, 3.8) is 0 Å². The molecule has 0 saturated heterocycles. The van der Waals surface area contributed by atoms with E-state index in [1.165, 1.54) is 24.0 Å². The van der Waals surface area contributed by atoms with Gasteiger partial charge in [-0.05, 0) is 42.7 Å². The number of nitrogens with one attached hydrogen (secondary N) is 1. The average Bonchev–Trinajstić information content (AvgIpc) is 3.17. The summed E-state index contributed by atoms with van der Waals surface area (Å²) >= 11 is 0. The van der Waals surface area contributed by atoms with Gasteiger partial charge in [-0.2, -0.15) is 5.10 Å². The Balaban J connectivity index is 1.91. The summed E-state index contributed by atoms with van der Waals surface area (Å²) in [7, 11) is 3.64. The van der Waals surface area contributed by atoms with Crippen LogP contribution in [0.5, 0.6) is 5.75 Å². The smallest absolute Gasteiger partial charge is 0.119 e. The first-order chi connectivity index (χ1) is 9.26. The minimum Gasteiger partial charge on any atom is -0.497 e. The molecule has 1 aromatic heterocycles. The van der Waals surface area contributed by atoms with Crippen molar-refractivity contribution in [2.24, 2.45) is 7.05 Å². The summed E-state index contributed by atoms with van der Waals surface area (Å²) < 4.78 is 7.15. The Morgan fingerprint density at radius 1 is 1.37 bits per heavy atom. The van der Waals surface area contributed by atoms with Crippen LogP contribution in [0.3, 0.4) is 0 Å². The first-order valence-electron chi connectivity index (χ1n) is 6.66. The number of aromatic nitrogens is 2. The molecule has 4 heteroatoms. The number of aryl methyl sites for hydroxylation is 1. The Hall–Kier alpha value is -1.81. The SMILES string of the molecule is COc1ccc(-c2ccn(C)n2)c(CNC2CC2)c1. The number of hydrogen-bond donors (Lipinski definition) is 1. The molecule has 0 unspecified atom stereocenters. The van der Waals surface area contributed by atoms with Crippen LogP contribution in [0, 0.1) is 0 Å². The zero-order valence-corrected chi connectivity index (χ0v) is 11.4. The maximum absolute atomic E-state index is 5.32. The van der Waals surface area contributed by atoms with E-state index in [2.05, 4.69) is 22.5 Å². The van der Waals surface area contributed by atoms with Crippen LogP contribution in [0.4, 0.5) is 0 Å². The number of nitrogens with zero attached hydrogens (tertiary/aromatic N) is 2. The van der Waals surface area contributed by atoms with E-state index in [0.717, 1.165) is 18.0 Å². The van der Waals surface area contributed by atoms with Crippen LogP contribution in [-0.4, -0.2) is 22.9 Å². The van der Waals surface area contributed by atoms with Gasteiger partial charge in [0.1, 0.15) is 5.75 Å². The van der Waals surface area contributed by atoms with E-state index in [-0.39, 0.29) is 0 Å². The molecular formula is C15H19N3O. The van der Waals surface area contributed by atoms with Crippen molar-refractivity contribution in [2.45, 2.75) is 25.4 Å². The minimum atomic E-state index is 0.697. The lowest BCUT2D eigenvalue weighted by molar-refractivity contribution is 0.414. The predicted octanol–water partition coefficient (Wildman–Crippen LogP) is 2.35. The molecule has 19 heavy (non-hydrogen) atoms. The number of benzene rings is 1. The molecule has 1 aromatic carbocycles. The Morgan fingerprint density at radius 3 is 2.84 bits per heavy atom. The van der Waals surface area contributed by atoms with Gasteiger partial charge < -0.3 is 10.1 Å². The molecular weight excluding hydrogens is 238 g/mol. The summed E-state index contributed by atoms with van der Waals surface area (Å²) in [5, 5.41) is 8.04. The summed E-state index contributed by atoms with van der Waals surface area (Å²) in [6.07, 6.45) is 4.56. The molecule has 1 N–H and O–H groups in total. The second kappa shape index (κ2) is 5.05. The molecule has 100 valence electrons. The van der Waals surface area contributed by atoms with E-state index in [4.69, 9.17) is 4.74 Å². The molecule has 2 aromatic rings. The highest BCUT2D eigenvalue weighted by Crippen LogP contribution is 2.27. The van der Waals surface area contributed by atoms with Crippen molar-refractivity contribution in [3.8, 4) is 17.0 Å². The van der Waals surface area contributed by atoms with Gasteiger partial charge in [0.2, 0.25) is 0 Å². The van der Waals surface area contributed by atoms with Gasteiger partial charge in [0.25, 0.3) is 0 Å². The third-order valence-corrected chi connectivity index (χ3v) is 3.46. The molecule has 0 atom stereocenters. The third kappa shape index (κ3) is 2.79. The van der Waals surface area contributed by atoms with Gasteiger partial charge in [0.15, 0.2) is 0 Å². The van der Waals surface area contributed by atoms with Gasteiger partial charge in [0.05, 0.1) is 12.8 Å². The number of ether oxygens (including phenoxy) is 1. The number of rotatable bonds is 5. The van der Waals surface area contributed by atoms with Crippen LogP contribution < -0.4 is 10.1 Å². The lowest BCUT2D eigenvalue weighted by Crippen LogP contribution is -2.16. The largest absolute Gasteiger partial charge is 0.497 e. The van der Waals surface area contributed by atoms with Crippen LogP contribution in [-0.2, 0) is 13.6 Å². The van der Waals surface area contributed by atoms with Crippen molar-refractivity contribution in [1.82, 2.24) is 15.1 Å². The average molecular weight is 257 g/mol. The second-order valence-corrected chi connectivity index (χ2v) is 5.05. The number of methoxy groups -OCH3 is 1. The minimum absolute atomic E-state index is 0.697. The summed E-state index contributed by atoms with van der Waals surface area (Å²) in [6, 6.07) is 8.92. The van der Waals surface area contributed by atoms with Gasteiger partial charge in [0, 0.05) is 31.4 Å². The highest BCUT2D eigenvalue weighted by Gasteiger charge is 2.21. The summed E-state index contributed by atoms with van der Waals surface area (Å²) in [5.74, 6) is 0.896. The van der Waals surface area contributed by atoms with Crippen molar-refractivity contribution in [1.29, 1.82) is 0 Å². The molecule has 1 aliphatic carbocycles. The molecule has 1 heterocycles. The lowest BCUT2D eigenvalue weighted by Gasteiger charge is -2.10. The molecule has 1 fully saturated rings. The Kier molecular flexibility index (Phi) is 3.25. The second-order valence-electron chi connectivity index (χ2n) is 5.05. The molecule has 4 nitrogen and oxygen atoms in total. The van der Waals surface area contributed by atoms with E-state index in [0.29, 0.717) is 6.04 Å². The molecule has 0 radical (unpaired) electrons. The fraction of sp³-hybridized carbons (Fsp3) is 0.400. The monoisotopic (exact) mass is 257 g/mol. The zero-order chi connectivity index (χ0) is 13.2. The van der Waals surface area contributed by atoms with E-state index in [1.807, 2.05) is 30.1 Å². The normalized spacial score (nSPS) is 14.6. The van der Waals surface area contributed by atoms with Crippen LogP contribution in [0.1, 0.15) is 18.4 Å². The third-order valence-electron chi connectivity index (χ3n) is 3.46. The van der Waals surface area contributed by atoms with Gasteiger partial charge in [-0.1, -0.05) is 0 Å². The lowest BCUT2D eigenvalue weighted by atomic mass is 10.0. The van der Waals surface area contributed by atoms with E-state index < -0.39 is 0 Å². The van der Waals surface area contributed by atoms with Gasteiger partial charge in [-0.25, -0.2) is 0 Å². The Morgan fingerprint density at radius 2 is 2.21 bits per heavy atom. The fourth-order valence-corrected chi connectivity index (χ4v) is 2.19. The van der Waals surface area contributed by atoms with Gasteiger partial charge in [-0.15, -0.1) is 0 Å². The van der Waals surface area contributed by atoms with Crippen LogP contribution >= 0.6 is 0 Å². The maximum Gasteiger partial charge on any atom is 0.119 e. The first kappa shape index (κ1) is 12.2. The Labute approximate surface area is 113 Å². The standard InChI is InChI=1S/C15H19N3O/c1-18-8-7-15(17-18)14-6-5-13(19-2)9-11(14)10-16-12-3-4-12/h5-9,12,16H,3-4,10H2,1-2H3.